The first-order chi connectivity index (χ1) is 11.0. The van der Waals surface area contributed by atoms with Crippen LogP contribution in [0.4, 0.5) is 0 Å². The maximum Gasteiger partial charge on any atom is 0.154 e. The smallest absolute Gasteiger partial charge is 0.154 e. The third-order valence-electron chi connectivity index (χ3n) is 4.16. The minimum absolute atomic E-state index is 0.235. The molecular formula is C17H24N2O3S. The van der Waals surface area contributed by atoms with Crippen molar-refractivity contribution in [2.24, 2.45) is 0 Å². The van der Waals surface area contributed by atoms with Crippen LogP contribution >= 0.6 is 0 Å². The monoisotopic (exact) mass is 336 g/mol. The second-order valence-corrected chi connectivity index (χ2v) is 8.54. The van der Waals surface area contributed by atoms with Crippen LogP contribution in [0.2, 0.25) is 0 Å². The average Bonchev–Trinajstić information content (AvgIpc) is 2.65. The standard InChI is InChI=1S/C17H24N2O3S/c1-15-7-9-19(10-12-23(15,20)21)14-16-5-4-6-17(13-16)22-11-3-2-8-18/h4-6,13,15H,2-3,7,9-12,14H2,1H3. The molecule has 0 saturated carbocycles. The van der Waals surface area contributed by atoms with Gasteiger partial charge in [0.15, 0.2) is 9.84 Å². The Balaban J connectivity index is 1.91. The maximum absolute atomic E-state index is 12.0. The van der Waals surface area contributed by atoms with E-state index in [1.807, 2.05) is 24.3 Å². The number of nitriles is 1. The molecule has 1 unspecified atom stereocenters. The molecule has 0 aromatic heterocycles. The second kappa shape index (κ2) is 8.32. The number of sulfone groups is 1. The van der Waals surface area contributed by atoms with Crippen LogP contribution in [0.3, 0.4) is 0 Å². The average molecular weight is 336 g/mol. The van der Waals surface area contributed by atoms with Crippen LogP contribution in [0, 0.1) is 11.3 Å². The molecule has 1 aliphatic heterocycles. The van der Waals surface area contributed by atoms with Gasteiger partial charge in [-0.1, -0.05) is 12.1 Å². The van der Waals surface area contributed by atoms with Gasteiger partial charge in [0.1, 0.15) is 5.75 Å². The Morgan fingerprint density at radius 3 is 3.00 bits per heavy atom. The van der Waals surface area contributed by atoms with Gasteiger partial charge in [-0.2, -0.15) is 5.26 Å². The van der Waals surface area contributed by atoms with Gasteiger partial charge in [-0.15, -0.1) is 0 Å². The van der Waals surface area contributed by atoms with Gasteiger partial charge in [-0.3, -0.25) is 4.90 Å². The predicted molar refractivity (Wildman–Crippen MR) is 89.9 cm³/mol. The zero-order valence-corrected chi connectivity index (χ0v) is 14.4. The Labute approximate surface area is 138 Å². The molecule has 5 nitrogen and oxygen atoms in total. The summed E-state index contributed by atoms with van der Waals surface area (Å²) in [5.41, 5.74) is 1.12. The Bertz CT molecular complexity index is 652. The normalized spacial score (nSPS) is 21.3. The largest absolute Gasteiger partial charge is 0.494 e. The van der Waals surface area contributed by atoms with E-state index < -0.39 is 9.84 Å². The first-order valence-electron chi connectivity index (χ1n) is 8.04. The van der Waals surface area contributed by atoms with Crippen molar-refractivity contribution in [3.8, 4) is 11.8 Å². The highest BCUT2D eigenvalue weighted by molar-refractivity contribution is 7.92. The molecule has 1 fully saturated rings. The van der Waals surface area contributed by atoms with Crippen molar-refractivity contribution in [3.63, 3.8) is 0 Å². The van der Waals surface area contributed by atoms with E-state index in [0.29, 0.717) is 26.0 Å². The molecule has 6 heteroatoms. The molecule has 0 amide bonds. The van der Waals surface area contributed by atoms with Gasteiger partial charge in [-0.05, 0) is 44.0 Å². The number of rotatable bonds is 6. The number of hydrogen-bond donors (Lipinski definition) is 0. The third-order valence-corrected chi connectivity index (χ3v) is 6.38. The van der Waals surface area contributed by atoms with Crippen LogP contribution in [0.15, 0.2) is 24.3 Å². The minimum atomic E-state index is -2.94. The van der Waals surface area contributed by atoms with Crippen molar-refractivity contribution < 1.29 is 13.2 Å². The fraction of sp³-hybridized carbons (Fsp3) is 0.588. The lowest BCUT2D eigenvalue weighted by molar-refractivity contribution is 0.281. The molecule has 0 spiro atoms. The molecule has 1 heterocycles. The van der Waals surface area contributed by atoms with Crippen LogP contribution < -0.4 is 4.74 Å². The van der Waals surface area contributed by atoms with E-state index in [1.54, 1.807) is 6.92 Å². The van der Waals surface area contributed by atoms with E-state index in [4.69, 9.17) is 10.00 Å². The van der Waals surface area contributed by atoms with Crippen LogP contribution in [-0.2, 0) is 16.4 Å². The van der Waals surface area contributed by atoms with Gasteiger partial charge in [0, 0.05) is 19.5 Å². The minimum Gasteiger partial charge on any atom is -0.494 e. The second-order valence-electron chi connectivity index (χ2n) is 6.00. The summed E-state index contributed by atoms with van der Waals surface area (Å²) < 4.78 is 29.6. The predicted octanol–water partition coefficient (Wildman–Crippen LogP) is 2.38. The van der Waals surface area contributed by atoms with Gasteiger partial charge in [-0.25, -0.2) is 8.42 Å². The molecule has 1 aromatic carbocycles. The zero-order valence-electron chi connectivity index (χ0n) is 13.6. The van der Waals surface area contributed by atoms with E-state index in [-0.39, 0.29) is 11.0 Å². The molecule has 0 N–H and O–H groups in total. The summed E-state index contributed by atoms with van der Waals surface area (Å²) in [5, 5.41) is 8.27. The summed E-state index contributed by atoms with van der Waals surface area (Å²) in [5.74, 6) is 1.04. The van der Waals surface area contributed by atoms with E-state index in [0.717, 1.165) is 30.8 Å². The number of benzene rings is 1. The number of hydrogen-bond acceptors (Lipinski definition) is 5. The number of ether oxygens (including phenoxy) is 1. The zero-order chi connectivity index (χ0) is 16.7. The third kappa shape index (κ3) is 5.52. The topological polar surface area (TPSA) is 70.4 Å². The van der Waals surface area contributed by atoms with E-state index >= 15 is 0 Å². The van der Waals surface area contributed by atoms with E-state index in [9.17, 15) is 8.42 Å². The van der Waals surface area contributed by atoms with E-state index in [1.165, 1.54) is 0 Å². The maximum atomic E-state index is 12.0. The molecule has 0 aliphatic carbocycles. The summed E-state index contributed by atoms with van der Waals surface area (Å²) in [4.78, 5) is 2.19. The quantitative estimate of drug-likeness (QED) is 0.746. The van der Waals surface area contributed by atoms with Gasteiger partial charge in [0.2, 0.25) is 0 Å². The molecular weight excluding hydrogens is 312 g/mol. The van der Waals surface area contributed by atoms with Crippen LogP contribution in [0.25, 0.3) is 0 Å². The molecule has 1 aromatic rings. The van der Waals surface area contributed by atoms with E-state index in [2.05, 4.69) is 11.0 Å². The fourth-order valence-electron chi connectivity index (χ4n) is 2.60. The molecule has 0 radical (unpaired) electrons. The van der Waals surface area contributed by atoms with Crippen molar-refractivity contribution in [2.75, 3.05) is 25.4 Å². The first kappa shape index (κ1) is 17.8. The fourth-order valence-corrected chi connectivity index (χ4v) is 3.98. The van der Waals surface area contributed by atoms with Crippen molar-refractivity contribution in [3.05, 3.63) is 29.8 Å². The summed E-state index contributed by atoms with van der Waals surface area (Å²) >= 11 is 0. The molecule has 1 saturated heterocycles. The number of unbranched alkanes of at least 4 members (excludes halogenated alkanes) is 1. The highest BCUT2D eigenvalue weighted by atomic mass is 32.2. The molecule has 126 valence electrons. The van der Waals surface area contributed by atoms with Crippen molar-refractivity contribution in [1.29, 1.82) is 5.26 Å². The molecule has 23 heavy (non-hydrogen) atoms. The first-order valence-corrected chi connectivity index (χ1v) is 9.75. The van der Waals surface area contributed by atoms with Crippen molar-refractivity contribution in [2.45, 2.75) is 38.0 Å². The Morgan fingerprint density at radius 2 is 2.22 bits per heavy atom. The lowest BCUT2D eigenvalue weighted by atomic mass is 10.2. The summed E-state index contributed by atoms with van der Waals surface area (Å²) in [7, 11) is -2.94. The summed E-state index contributed by atoms with van der Waals surface area (Å²) in [6.45, 7) is 4.45. The SMILES string of the molecule is CC1CCN(Cc2cccc(OCCCC#N)c2)CCS1(=O)=O. The summed E-state index contributed by atoms with van der Waals surface area (Å²) in [6, 6.07) is 9.99. The van der Waals surface area contributed by atoms with Gasteiger partial charge >= 0.3 is 0 Å². The Morgan fingerprint density at radius 1 is 1.39 bits per heavy atom. The highest BCUT2D eigenvalue weighted by Crippen LogP contribution is 2.18. The Kier molecular flexibility index (Phi) is 6.43. The number of nitrogens with zero attached hydrogens (tertiary/aromatic N) is 2. The summed E-state index contributed by atoms with van der Waals surface area (Å²) in [6.07, 6.45) is 1.91. The van der Waals surface area contributed by atoms with Gasteiger partial charge < -0.3 is 4.74 Å². The van der Waals surface area contributed by atoms with Gasteiger partial charge in [0.05, 0.1) is 23.7 Å². The molecule has 2 rings (SSSR count). The van der Waals surface area contributed by atoms with Crippen molar-refractivity contribution in [1.82, 2.24) is 4.90 Å². The molecule has 1 atom stereocenters. The molecule has 1 aliphatic rings. The van der Waals surface area contributed by atoms with Gasteiger partial charge in [0.25, 0.3) is 0 Å². The molecule has 0 bridgehead atoms. The van der Waals surface area contributed by atoms with Crippen LogP contribution in [-0.4, -0.2) is 44.0 Å². The van der Waals surface area contributed by atoms with Crippen LogP contribution in [0.1, 0.15) is 31.7 Å². The Hall–Kier alpha value is -1.58. The van der Waals surface area contributed by atoms with Crippen molar-refractivity contribution >= 4 is 9.84 Å². The lowest BCUT2D eigenvalue weighted by Crippen LogP contribution is -2.26. The van der Waals surface area contributed by atoms with Crippen LogP contribution in [0.5, 0.6) is 5.75 Å². The lowest BCUT2D eigenvalue weighted by Gasteiger charge is -2.19. The highest BCUT2D eigenvalue weighted by Gasteiger charge is 2.26.